The number of para-hydroxylation sites is 1. The average molecular weight is 954 g/mol. The van der Waals surface area contributed by atoms with Gasteiger partial charge in [-0.3, -0.25) is 0 Å². The highest BCUT2D eigenvalue weighted by atomic mass is 15.1. The minimum atomic E-state index is -0.359. The average Bonchev–Trinajstić information content (AvgIpc) is 3.75. The fourth-order valence-electron chi connectivity index (χ4n) is 12.3. The molecule has 0 bridgehead atoms. The fraction of sp³-hybridized carbons (Fsp3) is 0.0270. The molecule has 0 saturated carbocycles. The third-order valence-electron chi connectivity index (χ3n) is 16.0. The first-order chi connectivity index (χ1) is 37.1. The van der Waals surface area contributed by atoms with Crippen LogP contribution in [0.4, 0.5) is 17.1 Å². The number of hydrogen-bond acceptors (Lipinski definition) is 1. The van der Waals surface area contributed by atoms with Crippen LogP contribution in [-0.4, -0.2) is 0 Å². The van der Waals surface area contributed by atoms with Gasteiger partial charge in [0.1, 0.15) is 0 Å². The zero-order valence-electron chi connectivity index (χ0n) is 41.7. The van der Waals surface area contributed by atoms with Crippen molar-refractivity contribution in [3.05, 3.63) is 308 Å². The standard InChI is InChI=1S/C74H51N/c1-74(57-26-9-4-10-27-57)69-34-17-15-31-65(69)66-47-45-59(49-70(66)74)75(58-43-40-51(41-44-58)50-36-38-53(39-37-50)61-33-19-25-52-20-11-12-28-60(52)61)71-35-18-16-29-62(71)56-42-46-64-63-30-13-14-32-67(63)72(54-21-5-2-6-22-54)73(68(64)48-56)55-23-7-3-8-24-55/h2-49H,1H3. The Morgan fingerprint density at radius 1 is 0.267 bits per heavy atom. The lowest BCUT2D eigenvalue weighted by atomic mass is 9.74. The summed E-state index contributed by atoms with van der Waals surface area (Å²) in [5.41, 5.74) is 21.4. The van der Waals surface area contributed by atoms with Crippen molar-refractivity contribution in [3.8, 4) is 66.8 Å². The summed E-state index contributed by atoms with van der Waals surface area (Å²) in [4.78, 5) is 2.48. The van der Waals surface area contributed by atoms with E-state index in [9.17, 15) is 0 Å². The monoisotopic (exact) mass is 953 g/mol. The molecule has 0 heterocycles. The van der Waals surface area contributed by atoms with Crippen LogP contribution in [0.3, 0.4) is 0 Å². The molecule has 1 heteroatoms. The Morgan fingerprint density at radius 2 is 0.760 bits per heavy atom. The molecule has 352 valence electrons. The molecular weight excluding hydrogens is 903 g/mol. The number of rotatable bonds is 9. The van der Waals surface area contributed by atoms with E-state index < -0.39 is 0 Å². The van der Waals surface area contributed by atoms with Gasteiger partial charge in [-0.15, -0.1) is 0 Å². The van der Waals surface area contributed by atoms with E-state index in [1.54, 1.807) is 0 Å². The van der Waals surface area contributed by atoms with Gasteiger partial charge in [-0.2, -0.15) is 0 Å². The Hall–Kier alpha value is -9.56. The molecule has 1 nitrogen and oxygen atoms in total. The maximum atomic E-state index is 2.48. The summed E-state index contributed by atoms with van der Waals surface area (Å²) in [6, 6.07) is 107. The number of benzene rings is 13. The highest BCUT2D eigenvalue weighted by Gasteiger charge is 2.41. The van der Waals surface area contributed by atoms with Gasteiger partial charge in [-0.1, -0.05) is 255 Å². The first-order valence-electron chi connectivity index (χ1n) is 26.1. The van der Waals surface area contributed by atoms with Crippen LogP contribution >= 0.6 is 0 Å². The van der Waals surface area contributed by atoms with Crippen molar-refractivity contribution in [2.45, 2.75) is 12.3 Å². The van der Waals surface area contributed by atoms with E-state index in [1.165, 1.54) is 105 Å². The fourth-order valence-corrected chi connectivity index (χ4v) is 12.3. The molecular formula is C74H51N. The van der Waals surface area contributed by atoms with Crippen molar-refractivity contribution >= 4 is 49.4 Å². The summed E-state index contributed by atoms with van der Waals surface area (Å²) in [6.07, 6.45) is 0. The van der Waals surface area contributed by atoms with E-state index >= 15 is 0 Å². The first kappa shape index (κ1) is 44.2. The summed E-state index contributed by atoms with van der Waals surface area (Å²) < 4.78 is 0. The number of hydrogen-bond donors (Lipinski definition) is 0. The molecule has 1 aliphatic carbocycles. The van der Waals surface area contributed by atoms with E-state index in [0.29, 0.717) is 0 Å². The third kappa shape index (κ3) is 7.39. The first-order valence-corrected chi connectivity index (χ1v) is 26.1. The quantitative estimate of drug-likeness (QED) is 0.130. The van der Waals surface area contributed by atoms with Crippen LogP contribution in [0, 0.1) is 0 Å². The molecule has 0 amide bonds. The van der Waals surface area contributed by atoms with Gasteiger partial charge in [0.25, 0.3) is 0 Å². The van der Waals surface area contributed by atoms with E-state index in [0.717, 1.165) is 28.2 Å². The van der Waals surface area contributed by atoms with Crippen LogP contribution in [0.25, 0.3) is 99.1 Å². The summed E-state index contributed by atoms with van der Waals surface area (Å²) in [6.45, 7) is 2.40. The van der Waals surface area contributed by atoms with Crippen LogP contribution < -0.4 is 4.90 Å². The zero-order chi connectivity index (χ0) is 49.9. The van der Waals surface area contributed by atoms with Gasteiger partial charge < -0.3 is 4.90 Å². The molecule has 0 saturated heterocycles. The molecule has 0 aromatic heterocycles. The molecule has 13 aromatic rings. The third-order valence-corrected chi connectivity index (χ3v) is 16.0. The van der Waals surface area contributed by atoms with Gasteiger partial charge in [0.05, 0.1) is 5.69 Å². The van der Waals surface area contributed by atoms with Crippen molar-refractivity contribution in [1.29, 1.82) is 0 Å². The van der Waals surface area contributed by atoms with Crippen LogP contribution in [0.1, 0.15) is 23.6 Å². The molecule has 75 heavy (non-hydrogen) atoms. The topological polar surface area (TPSA) is 3.24 Å². The van der Waals surface area contributed by atoms with E-state index in [1.807, 2.05) is 0 Å². The Bertz CT molecular complexity index is 4270. The predicted molar refractivity (Wildman–Crippen MR) is 318 cm³/mol. The normalized spacial score (nSPS) is 13.7. The summed E-state index contributed by atoms with van der Waals surface area (Å²) in [7, 11) is 0. The summed E-state index contributed by atoms with van der Waals surface area (Å²) >= 11 is 0. The Kier molecular flexibility index (Phi) is 10.7. The van der Waals surface area contributed by atoms with Gasteiger partial charge in [-0.05, 0) is 154 Å². The van der Waals surface area contributed by atoms with Gasteiger partial charge in [0, 0.05) is 22.4 Å². The molecule has 0 aliphatic heterocycles. The largest absolute Gasteiger partial charge is 0.310 e. The second kappa shape index (κ2) is 18.2. The van der Waals surface area contributed by atoms with Gasteiger partial charge in [0.2, 0.25) is 0 Å². The lowest BCUT2D eigenvalue weighted by Crippen LogP contribution is -2.22. The van der Waals surface area contributed by atoms with Gasteiger partial charge >= 0.3 is 0 Å². The predicted octanol–water partition coefficient (Wildman–Crippen LogP) is 20.3. The van der Waals surface area contributed by atoms with Crippen LogP contribution in [-0.2, 0) is 5.41 Å². The second-order valence-electron chi connectivity index (χ2n) is 20.1. The summed E-state index contributed by atoms with van der Waals surface area (Å²) in [5.74, 6) is 0. The van der Waals surface area contributed by atoms with Crippen molar-refractivity contribution in [2.75, 3.05) is 4.90 Å². The van der Waals surface area contributed by atoms with E-state index in [4.69, 9.17) is 0 Å². The SMILES string of the molecule is CC1(c2ccccc2)c2ccccc2-c2ccc(N(c3ccc(-c4ccc(-c5cccc6ccccc56)cc4)cc3)c3ccccc3-c3ccc4c(c3)c(-c3ccccc3)c(-c3ccccc3)c3ccccc34)cc21. The molecule has 0 radical (unpaired) electrons. The zero-order valence-corrected chi connectivity index (χ0v) is 41.7. The molecule has 0 spiro atoms. The van der Waals surface area contributed by atoms with E-state index in [2.05, 4.69) is 303 Å². The Balaban J connectivity index is 0.954. The number of fused-ring (bicyclic) bond motifs is 7. The van der Waals surface area contributed by atoms with Gasteiger partial charge in [0.15, 0.2) is 0 Å². The molecule has 14 rings (SSSR count). The maximum absolute atomic E-state index is 2.48. The van der Waals surface area contributed by atoms with Crippen molar-refractivity contribution in [1.82, 2.24) is 0 Å². The molecule has 1 aliphatic rings. The molecule has 0 N–H and O–H groups in total. The van der Waals surface area contributed by atoms with Crippen molar-refractivity contribution in [2.24, 2.45) is 0 Å². The van der Waals surface area contributed by atoms with E-state index in [-0.39, 0.29) is 5.41 Å². The minimum absolute atomic E-state index is 0.359. The lowest BCUT2D eigenvalue weighted by molar-refractivity contribution is 0.714. The van der Waals surface area contributed by atoms with Crippen LogP contribution in [0.5, 0.6) is 0 Å². The van der Waals surface area contributed by atoms with Crippen molar-refractivity contribution in [3.63, 3.8) is 0 Å². The number of nitrogens with zero attached hydrogens (tertiary/aromatic N) is 1. The van der Waals surface area contributed by atoms with Gasteiger partial charge in [-0.25, -0.2) is 0 Å². The maximum Gasteiger partial charge on any atom is 0.0540 e. The second-order valence-corrected chi connectivity index (χ2v) is 20.1. The van der Waals surface area contributed by atoms with Crippen LogP contribution in [0.2, 0.25) is 0 Å². The smallest absolute Gasteiger partial charge is 0.0540 e. The highest BCUT2D eigenvalue weighted by Crippen LogP contribution is 2.55. The molecule has 13 aromatic carbocycles. The highest BCUT2D eigenvalue weighted by molar-refractivity contribution is 6.22. The van der Waals surface area contributed by atoms with Crippen molar-refractivity contribution < 1.29 is 0 Å². The molecule has 0 fully saturated rings. The summed E-state index contributed by atoms with van der Waals surface area (Å²) in [5, 5.41) is 7.48. The minimum Gasteiger partial charge on any atom is -0.310 e. The molecule has 1 atom stereocenters. The molecule has 1 unspecified atom stereocenters. The Morgan fingerprint density at radius 3 is 1.49 bits per heavy atom. The number of anilines is 3. The van der Waals surface area contributed by atoms with Crippen LogP contribution in [0.15, 0.2) is 291 Å². The Labute approximate surface area is 438 Å². The lowest BCUT2D eigenvalue weighted by Gasteiger charge is -2.31.